The summed E-state index contributed by atoms with van der Waals surface area (Å²) in [5, 5.41) is 2.97. The van der Waals surface area contributed by atoms with Gasteiger partial charge in [0, 0.05) is 30.2 Å². The number of nitrogens with zero attached hydrogens (tertiary/aromatic N) is 2. The van der Waals surface area contributed by atoms with Crippen molar-refractivity contribution in [2.75, 3.05) is 5.32 Å². The lowest BCUT2D eigenvalue weighted by molar-refractivity contribution is -0.117. The molecule has 7 nitrogen and oxygen atoms in total. The van der Waals surface area contributed by atoms with E-state index in [4.69, 9.17) is 4.74 Å². The highest BCUT2D eigenvalue weighted by atomic mass is 16.5. The smallest absolute Gasteiger partial charge is 0.242 e. The summed E-state index contributed by atoms with van der Waals surface area (Å²) in [6, 6.07) is 13.4. The van der Waals surface area contributed by atoms with E-state index in [1.165, 1.54) is 0 Å². The second-order valence-corrected chi connectivity index (χ2v) is 7.07. The molecule has 2 aromatic heterocycles. The molecule has 7 heteroatoms. The summed E-state index contributed by atoms with van der Waals surface area (Å²) in [7, 11) is 0. The quantitative estimate of drug-likeness (QED) is 0.588. The van der Waals surface area contributed by atoms with Crippen LogP contribution in [0.3, 0.4) is 0 Å². The van der Waals surface area contributed by atoms with Crippen molar-refractivity contribution in [2.24, 2.45) is 0 Å². The van der Waals surface area contributed by atoms with Gasteiger partial charge in [0.2, 0.25) is 5.91 Å². The first-order valence-electron chi connectivity index (χ1n) is 9.68. The highest BCUT2D eigenvalue weighted by Crippen LogP contribution is 2.20. The first-order chi connectivity index (χ1) is 13.7. The van der Waals surface area contributed by atoms with E-state index >= 15 is 0 Å². The van der Waals surface area contributed by atoms with Crippen LogP contribution in [-0.2, 0) is 11.4 Å². The van der Waals surface area contributed by atoms with Crippen LogP contribution in [0.2, 0.25) is 0 Å². The molecule has 0 spiro atoms. The predicted molar refractivity (Wildman–Crippen MR) is 108 cm³/mol. The summed E-state index contributed by atoms with van der Waals surface area (Å²) in [6.07, 6.45) is 6.86. The molecule has 1 aromatic carbocycles. The van der Waals surface area contributed by atoms with Crippen LogP contribution in [0.4, 0.5) is 5.69 Å². The zero-order valence-electron chi connectivity index (χ0n) is 15.9. The van der Waals surface area contributed by atoms with Gasteiger partial charge in [0.25, 0.3) is 0 Å². The van der Waals surface area contributed by atoms with Gasteiger partial charge in [-0.3, -0.25) is 10.2 Å². The molecule has 146 valence electrons. The lowest BCUT2D eigenvalue weighted by Crippen LogP contribution is -2.40. The number of hydrogen-bond acceptors (Lipinski definition) is 5. The van der Waals surface area contributed by atoms with Gasteiger partial charge in [-0.1, -0.05) is 25.5 Å². The fourth-order valence-electron chi connectivity index (χ4n) is 3.44. The minimum absolute atomic E-state index is 0.0383. The third-order valence-electron chi connectivity index (χ3n) is 4.84. The Hall–Kier alpha value is -2.90. The molecule has 1 saturated heterocycles. The van der Waals surface area contributed by atoms with Gasteiger partial charge in [0.1, 0.15) is 24.0 Å². The molecule has 2 atom stereocenters. The predicted octanol–water partition coefficient (Wildman–Crippen LogP) is 2.89. The van der Waals surface area contributed by atoms with Crippen LogP contribution in [0.25, 0.3) is 5.65 Å². The monoisotopic (exact) mass is 379 g/mol. The van der Waals surface area contributed by atoms with E-state index in [9.17, 15) is 4.79 Å². The van der Waals surface area contributed by atoms with Crippen molar-refractivity contribution in [2.45, 2.75) is 44.9 Å². The van der Waals surface area contributed by atoms with E-state index in [1.807, 2.05) is 59.3 Å². The molecule has 3 N–H and O–H groups in total. The fourth-order valence-corrected chi connectivity index (χ4v) is 3.44. The molecule has 1 aliphatic rings. The molecule has 1 amide bonds. The normalized spacial score (nSPS) is 19.0. The lowest BCUT2D eigenvalue weighted by atomic mass is 10.1. The topological polar surface area (TPSA) is 79.7 Å². The Balaban J connectivity index is 1.34. The van der Waals surface area contributed by atoms with Gasteiger partial charge in [0.15, 0.2) is 0 Å². The molecule has 3 heterocycles. The number of hydrogen-bond donors (Lipinski definition) is 3. The Morgan fingerprint density at radius 2 is 2.21 bits per heavy atom. The Labute approximate surface area is 164 Å². The number of carbonyl (C=O) groups excluding carboxylic acids is 1. The Morgan fingerprint density at radius 1 is 1.29 bits per heavy atom. The third-order valence-corrected chi connectivity index (χ3v) is 4.84. The third kappa shape index (κ3) is 4.32. The molecule has 0 bridgehead atoms. The van der Waals surface area contributed by atoms with Gasteiger partial charge in [-0.05, 0) is 37.1 Å². The molecular formula is C21H25N5O2. The molecule has 0 radical (unpaired) electrons. The van der Waals surface area contributed by atoms with E-state index in [-0.39, 0.29) is 11.9 Å². The number of hydrazine groups is 1. The zero-order chi connectivity index (χ0) is 19.3. The number of ether oxygens (including phenoxy) is 1. The van der Waals surface area contributed by atoms with Crippen LogP contribution in [0, 0.1) is 0 Å². The van der Waals surface area contributed by atoms with E-state index in [1.54, 1.807) is 0 Å². The summed E-state index contributed by atoms with van der Waals surface area (Å²) < 4.78 is 7.83. The number of benzene rings is 1. The standard InChI is InChI=1S/C21H25N5O2/c1-2-6-16-12-19(25-24-16)21(27)23-15-7-5-8-18(11-15)28-14-17-13-26-10-4-3-9-20(26)22-17/h3-5,7-11,13,16,19,24-25H,2,6,12,14H2,1H3,(H,23,27). The van der Waals surface area contributed by atoms with Crippen molar-refractivity contribution < 1.29 is 9.53 Å². The molecule has 4 rings (SSSR count). The van der Waals surface area contributed by atoms with Crippen LogP contribution in [0.1, 0.15) is 31.9 Å². The van der Waals surface area contributed by atoms with E-state index in [2.05, 4.69) is 28.1 Å². The maximum absolute atomic E-state index is 12.5. The molecule has 3 aromatic rings. The number of anilines is 1. The molecule has 0 saturated carbocycles. The summed E-state index contributed by atoms with van der Waals surface area (Å²) in [5.41, 5.74) is 8.73. The van der Waals surface area contributed by atoms with Crippen LogP contribution in [0.5, 0.6) is 5.75 Å². The fraction of sp³-hybridized carbons (Fsp3) is 0.333. The van der Waals surface area contributed by atoms with E-state index in [0.29, 0.717) is 18.4 Å². The first-order valence-corrected chi connectivity index (χ1v) is 9.68. The largest absolute Gasteiger partial charge is 0.487 e. The summed E-state index contributed by atoms with van der Waals surface area (Å²) in [6.45, 7) is 2.51. The lowest BCUT2D eigenvalue weighted by Gasteiger charge is -2.12. The maximum atomic E-state index is 12.5. The van der Waals surface area contributed by atoms with Crippen molar-refractivity contribution in [3.63, 3.8) is 0 Å². The molecule has 28 heavy (non-hydrogen) atoms. The average molecular weight is 379 g/mol. The maximum Gasteiger partial charge on any atom is 0.242 e. The molecule has 1 aliphatic heterocycles. The van der Waals surface area contributed by atoms with Gasteiger partial charge in [0.05, 0.1) is 5.69 Å². The number of fused-ring (bicyclic) bond motifs is 1. The number of carbonyl (C=O) groups is 1. The molecule has 2 unspecified atom stereocenters. The summed E-state index contributed by atoms with van der Waals surface area (Å²) in [4.78, 5) is 17.0. The van der Waals surface area contributed by atoms with Gasteiger partial charge >= 0.3 is 0 Å². The number of pyridine rings is 1. The zero-order valence-corrected chi connectivity index (χ0v) is 15.9. The van der Waals surface area contributed by atoms with Crippen LogP contribution in [0.15, 0.2) is 54.9 Å². The highest BCUT2D eigenvalue weighted by molar-refractivity contribution is 5.95. The Bertz CT molecular complexity index is 922. The van der Waals surface area contributed by atoms with Crippen molar-refractivity contribution in [3.05, 3.63) is 60.6 Å². The Morgan fingerprint density at radius 3 is 3.07 bits per heavy atom. The van der Waals surface area contributed by atoms with Gasteiger partial charge < -0.3 is 14.5 Å². The van der Waals surface area contributed by atoms with Gasteiger partial charge in [-0.25, -0.2) is 10.4 Å². The van der Waals surface area contributed by atoms with Crippen LogP contribution >= 0.6 is 0 Å². The number of amides is 1. The number of rotatable bonds is 7. The van der Waals surface area contributed by atoms with Crippen molar-refractivity contribution in [1.82, 2.24) is 20.2 Å². The minimum Gasteiger partial charge on any atom is -0.487 e. The van der Waals surface area contributed by atoms with Crippen LogP contribution < -0.4 is 20.9 Å². The van der Waals surface area contributed by atoms with Gasteiger partial charge in [-0.2, -0.15) is 0 Å². The number of aromatic nitrogens is 2. The minimum atomic E-state index is -0.223. The molecule has 0 aliphatic carbocycles. The summed E-state index contributed by atoms with van der Waals surface area (Å²) in [5.74, 6) is 0.653. The van der Waals surface area contributed by atoms with Gasteiger partial charge in [-0.15, -0.1) is 0 Å². The number of imidazole rings is 1. The summed E-state index contributed by atoms with van der Waals surface area (Å²) >= 11 is 0. The SMILES string of the molecule is CCCC1CC(C(=O)Nc2cccc(OCc3cn4ccccc4n3)c2)NN1. The Kier molecular flexibility index (Phi) is 5.55. The molecular weight excluding hydrogens is 354 g/mol. The molecule has 1 fully saturated rings. The number of nitrogens with one attached hydrogen (secondary N) is 3. The van der Waals surface area contributed by atoms with Crippen molar-refractivity contribution in [1.29, 1.82) is 0 Å². The second kappa shape index (κ2) is 8.41. The van der Waals surface area contributed by atoms with Crippen molar-refractivity contribution in [3.8, 4) is 5.75 Å². The first kappa shape index (κ1) is 18.5. The second-order valence-electron chi connectivity index (χ2n) is 7.07. The van der Waals surface area contributed by atoms with E-state index < -0.39 is 0 Å². The highest BCUT2D eigenvalue weighted by Gasteiger charge is 2.28. The van der Waals surface area contributed by atoms with E-state index in [0.717, 1.165) is 36.3 Å². The van der Waals surface area contributed by atoms with Crippen molar-refractivity contribution >= 4 is 17.2 Å². The van der Waals surface area contributed by atoms with Crippen LogP contribution in [-0.4, -0.2) is 27.4 Å². The average Bonchev–Trinajstić information content (AvgIpc) is 3.33.